The van der Waals surface area contributed by atoms with E-state index in [0.29, 0.717) is 5.92 Å². The fraction of sp³-hybridized carbons (Fsp3) is 0.647. The number of ether oxygens (including phenoxy) is 1. The third kappa shape index (κ3) is 2.51. The molecule has 3 atom stereocenters. The molecule has 2 aliphatic carbocycles. The second kappa shape index (κ2) is 5.65. The number of anilines is 1. The van der Waals surface area contributed by atoms with Crippen LogP contribution < -0.4 is 10.1 Å². The Hall–Kier alpha value is -1.22. The van der Waals surface area contributed by atoms with Gasteiger partial charge in [-0.25, -0.2) is 0 Å². The van der Waals surface area contributed by atoms with Crippen molar-refractivity contribution in [2.45, 2.75) is 56.6 Å². The topological polar surface area (TPSA) is 41.5 Å². The van der Waals surface area contributed by atoms with Gasteiger partial charge in [0.05, 0.1) is 18.8 Å². The van der Waals surface area contributed by atoms with Crippen molar-refractivity contribution in [2.75, 3.05) is 12.4 Å². The number of rotatable bonds is 3. The van der Waals surface area contributed by atoms with Gasteiger partial charge in [0.15, 0.2) is 0 Å². The Morgan fingerprint density at radius 3 is 2.90 bits per heavy atom. The quantitative estimate of drug-likeness (QED) is 0.886. The molecular formula is C17H25NO2. The van der Waals surface area contributed by atoms with Crippen LogP contribution in [0.15, 0.2) is 24.3 Å². The monoisotopic (exact) mass is 275 g/mol. The first kappa shape index (κ1) is 13.7. The molecule has 2 saturated carbocycles. The summed E-state index contributed by atoms with van der Waals surface area (Å²) in [6.07, 6.45) is 8.03. The van der Waals surface area contributed by atoms with Crippen LogP contribution in [0.1, 0.15) is 44.9 Å². The normalized spacial score (nSPS) is 33.3. The second-order valence-corrected chi connectivity index (χ2v) is 6.29. The fourth-order valence-electron chi connectivity index (χ4n) is 4.04. The van der Waals surface area contributed by atoms with E-state index < -0.39 is 5.60 Å². The lowest BCUT2D eigenvalue weighted by Gasteiger charge is -2.49. The maximum absolute atomic E-state index is 11.1. The molecule has 1 aromatic carbocycles. The van der Waals surface area contributed by atoms with Gasteiger partial charge in [-0.2, -0.15) is 0 Å². The van der Waals surface area contributed by atoms with Gasteiger partial charge in [0.2, 0.25) is 0 Å². The molecular weight excluding hydrogens is 250 g/mol. The van der Waals surface area contributed by atoms with Gasteiger partial charge in [-0.05, 0) is 43.7 Å². The molecule has 0 saturated heterocycles. The average molecular weight is 275 g/mol. The number of hydrogen-bond donors (Lipinski definition) is 2. The predicted molar refractivity (Wildman–Crippen MR) is 81.2 cm³/mol. The summed E-state index contributed by atoms with van der Waals surface area (Å²) in [6.45, 7) is 0. The van der Waals surface area contributed by atoms with Crippen LogP contribution in [0.2, 0.25) is 0 Å². The molecule has 3 nitrogen and oxygen atoms in total. The van der Waals surface area contributed by atoms with Gasteiger partial charge < -0.3 is 15.2 Å². The van der Waals surface area contributed by atoms with Crippen LogP contribution in [0.3, 0.4) is 0 Å². The van der Waals surface area contributed by atoms with E-state index in [4.69, 9.17) is 4.74 Å². The van der Waals surface area contributed by atoms with Gasteiger partial charge >= 0.3 is 0 Å². The first-order valence-electron chi connectivity index (χ1n) is 7.85. The van der Waals surface area contributed by atoms with Gasteiger partial charge in [-0.15, -0.1) is 0 Å². The highest BCUT2D eigenvalue weighted by atomic mass is 16.5. The molecule has 0 aromatic heterocycles. The Balaban J connectivity index is 1.77. The minimum atomic E-state index is -0.514. The highest BCUT2D eigenvalue weighted by Crippen LogP contribution is 2.44. The molecule has 2 N–H and O–H groups in total. The van der Waals surface area contributed by atoms with Crippen molar-refractivity contribution in [1.29, 1.82) is 0 Å². The summed E-state index contributed by atoms with van der Waals surface area (Å²) in [7, 11) is 1.68. The molecule has 1 unspecified atom stereocenters. The number of hydrogen-bond acceptors (Lipinski definition) is 3. The first-order valence-corrected chi connectivity index (χ1v) is 7.85. The Morgan fingerprint density at radius 2 is 2.05 bits per heavy atom. The van der Waals surface area contributed by atoms with Crippen molar-refractivity contribution in [3.05, 3.63) is 24.3 Å². The molecule has 20 heavy (non-hydrogen) atoms. The molecule has 0 bridgehead atoms. The van der Waals surface area contributed by atoms with Crippen LogP contribution in [-0.2, 0) is 0 Å². The Bertz CT molecular complexity index is 460. The lowest BCUT2D eigenvalue weighted by atomic mass is 9.65. The Morgan fingerprint density at radius 1 is 1.20 bits per heavy atom. The lowest BCUT2D eigenvalue weighted by Crippen LogP contribution is -2.56. The fourth-order valence-corrected chi connectivity index (χ4v) is 4.04. The minimum Gasteiger partial charge on any atom is -0.497 e. The standard InChI is InChI=1S/C17H25NO2/c1-20-15-9-5-8-14(12-15)18-16-10-4-7-13-6-2-3-11-17(13,16)19/h5,8-9,12-13,16,18-19H,2-4,6-7,10-11H2,1H3/t13-,16?,17-/m1/s1. The Labute approximate surface area is 121 Å². The van der Waals surface area contributed by atoms with Gasteiger partial charge in [-0.1, -0.05) is 25.3 Å². The third-order valence-electron chi connectivity index (χ3n) is 5.15. The highest BCUT2D eigenvalue weighted by Gasteiger charge is 2.47. The molecule has 2 fully saturated rings. The maximum atomic E-state index is 11.1. The second-order valence-electron chi connectivity index (χ2n) is 6.29. The zero-order chi connectivity index (χ0) is 14.0. The van der Waals surface area contributed by atoms with Crippen molar-refractivity contribution in [3.8, 4) is 5.75 Å². The third-order valence-corrected chi connectivity index (χ3v) is 5.15. The molecule has 0 radical (unpaired) electrons. The smallest absolute Gasteiger partial charge is 0.120 e. The van der Waals surface area contributed by atoms with Crippen molar-refractivity contribution >= 4 is 5.69 Å². The largest absolute Gasteiger partial charge is 0.497 e. The van der Waals surface area contributed by atoms with Crippen molar-refractivity contribution in [3.63, 3.8) is 0 Å². The van der Waals surface area contributed by atoms with E-state index in [-0.39, 0.29) is 6.04 Å². The molecule has 3 rings (SSSR count). The zero-order valence-corrected chi connectivity index (χ0v) is 12.3. The number of benzene rings is 1. The van der Waals surface area contributed by atoms with Gasteiger partial charge in [-0.3, -0.25) is 0 Å². The van der Waals surface area contributed by atoms with Gasteiger partial charge in [0.25, 0.3) is 0 Å². The molecule has 110 valence electrons. The average Bonchev–Trinajstić information content (AvgIpc) is 2.48. The Kier molecular flexibility index (Phi) is 3.88. The predicted octanol–water partition coefficient (Wildman–Crippen LogP) is 3.58. The van der Waals surface area contributed by atoms with Gasteiger partial charge in [0.1, 0.15) is 5.75 Å². The molecule has 1 aromatic rings. The van der Waals surface area contributed by atoms with Crippen LogP contribution in [0.4, 0.5) is 5.69 Å². The SMILES string of the molecule is COc1cccc(NC2CCC[C@H]3CCCC[C@]23O)c1. The van der Waals surface area contributed by atoms with Crippen LogP contribution in [0.5, 0.6) is 5.75 Å². The van der Waals surface area contributed by atoms with Crippen molar-refractivity contribution in [1.82, 2.24) is 0 Å². The van der Waals surface area contributed by atoms with E-state index in [1.54, 1.807) is 7.11 Å². The molecule has 0 amide bonds. The van der Waals surface area contributed by atoms with Crippen LogP contribution >= 0.6 is 0 Å². The summed E-state index contributed by atoms with van der Waals surface area (Å²) in [6, 6.07) is 8.18. The summed E-state index contributed by atoms with van der Waals surface area (Å²) in [5.41, 5.74) is 0.536. The first-order chi connectivity index (χ1) is 9.72. The van der Waals surface area contributed by atoms with Crippen molar-refractivity contribution in [2.24, 2.45) is 5.92 Å². The van der Waals surface area contributed by atoms with Crippen LogP contribution in [-0.4, -0.2) is 23.9 Å². The molecule has 3 heteroatoms. The summed E-state index contributed by atoms with van der Waals surface area (Å²) >= 11 is 0. The van der Waals surface area contributed by atoms with E-state index >= 15 is 0 Å². The van der Waals surface area contributed by atoms with Crippen LogP contribution in [0, 0.1) is 5.92 Å². The molecule has 0 heterocycles. The summed E-state index contributed by atoms with van der Waals surface area (Å²) < 4.78 is 5.27. The van der Waals surface area contributed by atoms with E-state index in [1.165, 1.54) is 25.7 Å². The number of methoxy groups -OCH3 is 1. The minimum absolute atomic E-state index is 0.175. The van der Waals surface area contributed by atoms with E-state index in [0.717, 1.165) is 30.7 Å². The van der Waals surface area contributed by atoms with Gasteiger partial charge in [0, 0.05) is 11.8 Å². The van der Waals surface area contributed by atoms with E-state index in [1.807, 2.05) is 18.2 Å². The van der Waals surface area contributed by atoms with E-state index in [9.17, 15) is 5.11 Å². The van der Waals surface area contributed by atoms with Crippen molar-refractivity contribution < 1.29 is 9.84 Å². The number of nitrogens with one attached hydrogen (secondary N) is 1. The zero-order valence-electron chi connectivity index (χ0n) is 12.3. The lowest BCUT2D eigenvalue weighted by molar-refractivity contribution is -0.0835. The molecule has 2 aliphatic rings. The number of aliphatic hydroxyl groups is 1. The van der Waals surface area contributed by atoms with Crippen LogP contribution in [0.25, 0.3) is 0 Å². The molecule has 0 aliphatic heterocycles. The summed E-state index contributed by atoms with van der Waals surface area (Å²) in [5, 5.41) is 14.7. The highest BCUT2D eigenvalue weighted by molar-refractivity contribution is 5.49. The van der Waals surface area contributed by atoms with E-state index in [2.05, 4.69) is 11.4 Å². The molecule has 0 spiro atoms. The summed E-state index contributed by atoms with van der Waals surface area (Å²) in [4.78, 5) is 0. The summed E-state index contributed by atoms with van der Waals surface area (Å²) in [5.74, 6) is 1.34. The maximum Gasteiger partial charge on any atom is 0.120 e. The number of fused-ring (bicyclic) bond motifs is 1.